The lowest BCUT2D eigenvalue weighted by Crippen LogP contribution is -2.32. The normalized spacial score (nSPS) is 12.2. The number of carbonyl (C=O) groups is 1. The summed E-state index contributed by atoms with van der Waals surface area (Å²) in [6.07, 6.45) is -0.133. The van der Waals surface area contributed by atoms with Crippen LogP contribution in [0.4, 0.5) is 5.69 Å². The van der Waals surface area contributed by atoms with Gasteiger partial charge in [0.25, 0.3) is 5.91 Å². The van der Waals surface area contributed by atoms with E-state index in [0.29, 0.717) is 34.4 Å². The van der Waals surface area contributed by atoms with E-state index in [2.05, 4.69) is 26.1 Å². The van der Waals surface area contributed by atoms with Crippen molar-refractivity contribution in [2.75, 3.05) is 5.32 Å². The van der Waals surface area contributed by atoms with Crippen molar-refractivity contribution in [3.8, 4) is 17.2 Å². The number of anilines is 1. The number of rotatable bonds is 7. The summed E-state index contributed by atoms with van der Waals surface area (Å²) in [5.74, 6) is 1.57. The molecule has 3 aromatic carbocycles. The maximum absolute atomic E-state index is 13.0. The molecule has 1 amide bonds. The number of hydrogen-bond donors (Lipinski definition) is 1. The van der Waals surface area contributed by atoms with Gasteiger partial charge in [-0.3, -0.25) is 4.79 Å². The highest BCUT2D eigenvalue weighted by molar-refractivity contribution is 6.31. The maximum Gasteiger partial charge on any atom is 0.265 e. The van der Waals surface area contributed by atoms with E-state index in [-0.39, 0.29) is 11.3 Å². The lowest BCUT2D eigenvalue weighted by Gasteiger charge is -2.21. The van der Waals surface area contributed by atoms with Crippen molar-refractivity contribution in [1.82, 2.24) is 0 Å². The highest BCUT2D eigenvalue weighted by Gasteiger charge is 2.21. The van der Waals surface area contributed by atoms with E-state index in [1.165, 1.54) is 5.56 Å². The zero-order valence-electron chi connectivity index (χ0n) is 18.3. The first-order valence-electron chi connectivity index (χ1n) is 10.4. The van der Waals surface area contributed by atoms with E-state index in [1.54, 1.807) is 18.2 Å². The van der Waals surface area contributed by atoms with E-state index < -0.39 is 6.10 Å². The molecule has 1 atom stereocenters. The Morgan fingerprint density at radius 2 is 1.65 bits per heavy atom. The molecule has 1 N–H and O–H groups in total. The Bertz CT molecular complexity index is 1010. The van der Waals surface area contributed by atoms with Crippen LogP contribution in [0.15, 0.2) is 72.8 Å². The second-order valence-electron chi connectivity index (χ2n) is 8.33. The fourth-order valence-corrected chi connectivity index (χ4v) is 3.21. The number of carbonyl (C=O) groups excluding carboxylic acids is 1. The average molecular weight is 438 g/mol. The number of amides is 1. The van der Waals surface area contributed by atoms with Gasteiger partial charge in [-0.2, -0.15) is 0 Å². The summed E-state index contributed by atoms with van der Waals surface area (Å²) in [5.41, 5.74) is 1.76. The number of ether oxygens (including phenoxy) is 2. The van der Waals surface area contributed by atoms with E-state index in [1.807, 2.05) is 61.5 Å². The Hall–Kier alpha value is -2.98. The van der Waals surface area contributed by atoms with Gasteiger partial charge in [0.1, 0.15) is 11.5 Å². The van der Waals surface area contributed by atoms with Gasteiger partial charge in [0.2, 0.25) is 0 Å². The maximum atomic E-state index is 13.0. The van der Waals surface area contributed by atoms with Crippen molar-refractivity contribution < 1.29 is 14.3 Å². The smallest absolute Gasteiger partial charge is 0.265 e. The van der Waals surface area contributed by atoms with Crippen LogP contribution in [0.25, 0.3) is 0 Å². The van der Waals surface area contributed by atoms with Crippen LogP contribution in [0.5, 0.6) is 17.2 Å². The van der Waals surface area contributed by atoms with Gasteiger partial charge < -0.3 is 14.8 Å². The second-order valence-corrected chi connectivity index (χ2v) is 8.77. The molecule has 0 radical (unpaired) electrons. The number of nitrogens with one attached hydrogen (secondary N) is 1. The Kier molecular flexibility index (Phi) is 7.24. The monoisotopic (exact) mass is 437 g/mol. The number of benzene rings is 3. The molecule has 0 aliphatic heterocycles. The first kappa shape index (κ1) is 22.7. The van der Waals surface area contributed by atoms with Crippen molar-refractivity contribution in [2.45, 2.75) is 45.6 Å². The van der Waals surface area contributed by atoms with E-state index in [4.69, 9.17) is 21.1 Å². The highest BCUT2D eigenvalue weighted by Crippen LogP contribution is 2.32. The SMILES string of the molecule is CC[C@H](Oc1ccc(C(C)(C)C)cc1)C(=O)Nc1cc(Cl)ccc1Oc1ccccc1. The molecule has 0 saturated heterocycles. The number of halogens is 1. The first-order valence-corrected chi connectivity index (χ1v) is 10.7. The first-order chi connectivity index (χ1) is 14.8. The van der Waals surface area contributed by atoms with E-state index >= 15 is 0 Å². The van der Waals surface area contributed by atoms with Crippen molar-refractivity contribution in [1.29, 1.82) is 0 Å². The molecule has 0 saturated carbocycles. The fourth-order valence-electron chi connectivity index (χ4n) is 3.04. The zero-order chi connectivity index (χ0) is 22.4. The summed E-state index contributed by atoms with van der Waals surface area (Å²) in [6, 6.07) is 22.4. The van der Waals surface area contributed by atoms with E-state index in [9.17, 15) is 4.79 Å². The highest BCUT2D eigenvalue weighted by atomic mass is 35.5. The number of hydrogen-bond acceptors (Lipinski definition) is 3. The largest absolute Gasteiger partial charge is 0.481 e. The summed E-state index contributed by atoms with van der Waals surface area (Å²) in [7, 11) is 0. The summed E-state index contributed by atoms with van der Waals surface area (Å²) >= 11 is 6.16. The van der Waals surface area contributed by atoms with Gasteiger partial charge in [0, 0.05) is 5.02 Å². The lowest BCUT2D eigenvalue weighted by atomic mass is 9.87. The topological polar surface area (TPSA) is 47.6 Å². The van der Waals surface area contributed by atoms with Crippen LogP contribution in [-0.4, -0.2) is 12.0 Å². The summed E-state index contributed by atoms with van der Waals surface area (Å²) in [5, 5.41) is 3.41. The number of para-hydroxylation sites is 1. The summed E-state index contributed by atoms with van der Waals surface area (Å²) < 4.78 is 11.9. The molecular formula is C26H28ClNO3. The zero-order valence-corrected chi connectivity index (χ0v) is 19.1. The Morgan fingerprint density at radius 3 is 2.26 bits per heavy atom. The molecule has 3 aromatic rings. The molecule has 0 aliphatic carbocycles. The van der Waals surface area contributed by atoms with Crippen molar-refractivity contribution in [2.24, 2.45) is 0 Å². The fraction of sp³-hybridized carbons (Fsp3) is 0.269. The third kappa shape index (κ3) is 6.25. The lowest BCUT2D eigenvalue weighted by molar-refractivity contribution is -0.122. The molecule has 0 bridgehead atoms. The van der Waals surface area contributed by atoms with Gasteiger partial charge in [-0.1, -0.05) is 69.6 Å². The Balaban J connectivity index is 1.74. The molecule has 162 valence electrons. The molecule has 0 heterocycles. The molecule has 31 heavy (non-hydrogen) atoms. The van der Waals surface area contributed by atoms with Gasteiger partial charge in [0.15, 0.2) is 11.9 Å². The predicted molar refractivity (Wildman–Crippen MR) is 126 cm³/mol. The van der Waals surface area contributed by atoms with Crippen LogP contribution < -0.4 is 14.8 Å². The van der Waals surface area contributed by atoms with Crippen LogP contribution in [0.2, 0.25) is 5.02 Å². The molecule has 3 rings (SSSR count). The van der Waals surface area contributed by atoms with Crippen LogP contribution in [0, 0.1) is 0 Å². The van der Waals surface area contributed by atoms with Crippen molar-refractivity contribution in [3.05, 3.63) is 83.4 Å². The quantitative estimate of drug-likeness (QED) is 0.424. The predicted octanol–water partition coefficient (Wildman–Crippen LogP) is 7.23. The minimum absolute atomic E-state index is 0.0573. The average Bonchev–Trinajstić information content (AvgIpc) is 2.74. The molecular weight excluding hydrogens is 410 g/mol. The molecule has 4 nitrogen and oxygen atoms in total. The molecule has 0 aliphatic rings. The van der Waals surface area contributed by atoms with Crippen LogP contribution in [-0.2, 0) is 10.2 Å². The minimum Gasteiger partial charge on any atom is -0.481 e. The van der Waals surface area contributed by atoms with Gasteiger partial charge in [-0.25, -0.2) is 0 Å². The molecule has 5 heteroatoms. The summed E-state index contributed by atoms with van der Waals surface area (Å²) in [6.45, 7) is 8.38. The van der Waals surface area contributed by atoms with Gasteiger partial charge in [0.05, 0.1) is 5.69 Å². The van der Waals surface area contributed by atoms with Crippen molar-refractivity contribution in [3.63, 3.8) is 0 Å². The van der Waals surface area contributed by atoms with Gasteiger partial charge in [-0.15, -0.1) is 0 Å². The van der Waals surface area contributed by atoms with Crippen LogP contribution in [0.3, 0.4) is 0 Å². The Morgan fingerprint density at radius 1 is 0.968 bits per heavy atom. The van der Waals surface area contributed by atoms with Crippen LogP contribution in [0.1, 0.15) is 39.7 Å². The third-order valence-electron chi connectivity index (χ3n) is 4.83. The van der Waals surface area contributed by atoms with Gasteiger partial charge in [-0.05, 0) is 59.9 Å². The van der Waals surface area contributed by atoms with Crippen LogP contribution >= 0.6 is 11.6 Å². The third-order valence-corrected chi connectivity index (χ3v) is 5.07. The molecule has 0 unspecified atom stereocenters. The molecule has 0 spiro atoms. The van der Waals surface area contributed by atoms with E-state index in [0.717, 1.165) is 0 Å². The second kappa shape index (κ2) is 9.88. The minimum atomic E-state index is -0.649. The molecule has 0 aromatic heterocycles. The van der Waals surface area contributed by atoms with Gasteiger partial charge >= 0.3 is 0 Å². The summed E-state index contributed by atoms with van der Waals surface area (Å²) in [4.78, 5) is 13.0. The molecule has 0 fully saturated rings. The Labute approximate surface area is 189 Å². The van der Waals surface area contributed by atoms with Crippen molar-refractivity contribution >= 4 is 23.2 Å². The standard InChI is InChI=1S/C26H28ClNO3/c1-5-23(30-21-14-11-18(12-15-21)26(2,3)4)25(29)28-22-17-19(27)13-16-24(22)31-20-9-7-6-8-10-20/h6-17,23H,5H2,1-4H3,(H,28,29)/t23-/m0/s1.